The zero-order valence-corrected chi connectivity index (χ0v) is 16.4. The minimum atomic E-state index is -0.209. The molecule has 0 saturated carbocycles. The highest BCUT2D eigenvalue weighted by molar-refractivity contribution is 7.99. The summed E-state index contributed by atoms with van der Waals surface area (Å²) < 4.78 is 5.64. The number of carbonyl (C=O) groups is 1. The van der Waals surface area contributed by atoms with Crippen LogP contribution in [0.5, 0.6) is 0 Å². The molecule has 5 nitrogen and oxygen atoms in total. The Kier molecular flexibility index (Phi) is 5.86. The number of aryl methyl sites for hydroxylation is 2. The number of carbonyl (C=O) groups excluding carboxylic acids is 1. The number of aromatic nitrogens is 2. The van der Waals surface area contributed by atoms with E-state index in [1.54, 1.807) is 18.2 Å². The first-order chi connectivity index (χ1) is 12.4. The van der Waals surface area contributed by atoms with E-state index < -0.39 is 0 Å². The summed E-state index contributed by atoms with van der Waals surface area (Å²) in [7, 11) is 0. The van der Waals surface area contributed by atoms with Gasteiger partial charge in [0.05, 0.1) is 15.8 Å². The van der Waals surface area contributed by atoms with E-state index in [9.17, 15) is 4.79 Å². The van der Waals surface area contributed by atoms with Gasteiger partial charge in [-0.15, -0.1) is 10.2 Å². The number of amides is 1. The maximum atomic E-state index is 12.1. The third-order valence-corrected chi connectivity index (χ3v) is 4.96. The van der Waals surface area contributed by atoms with Gasteiger partial charge in [-0.25, -0.2) is 0 Å². The molecular weight excluding hydrogens is 393 g/mol. The van der Waals surface area contributed by atoms with Crippen LogP contribution < -0.4 is 5.32 Å². The first-order valence-electron chi connectivity index (χ1n) is 7.70. The lowest BCUT2D eigenvalue weighted by molar-refractivity contribution is -0.113. The standard InChI is InChI=1S/C18H15Cl2N3O2S/c1-10-5-11(2)7-12(6-10)17-22-23-18(25-17)26-9-16(24)21-13-3-4-14(19)15(20)8-13/h3-8H,9H2,1-2H3,(H,21,24). The van der Waals surface area contributed by atoms with Gasteiger partial charge in [-0.3, -0.25) is 4.79 Å². The summed E-state index contributed by atoms with van der Waals surface area (Å²) in [4.78, 5) is 12.1. The second-order valence-corrected chi connectivity index (χ2v) is 7.46. The molecule has 3 aromatic rings. The molecule has 2 aromatic carbocycles. The molecule has 1 N–H and O–H groups in total. The van der Waals surface area contributed by atoms with Gasteiger partial charge in [0.2, 0.25) is 11.8 Å². The van der Waals surface area contributed by atoms with Gasteiger partial charge in [-0.05, 0) is 44.2 Å². The van der Waals surface area contributed by atoms with Gasteiger partial charge >= 0.3 is 0 Å². The van der Waals surface area contributed by atoms with E-state index in [2.05, 4.69) is 21.6 Å². The van der Waals surface area contributed by atoms with E-state index in [0.29, 0.717) is 26.8 Å². The van der Waals surface area contributed by atoms with E-state index in [4.69, 9.17) is 27.6 Å². The minimum Gasteiger partial charge on any atom is -0.411 e. The van der Waals surface area contributed by atoms with Crippen molar-refractivity contribution in [3.05, 3.63) is 57.6 Å². The molecule has 3 rings (SSSR count). The maximum Gasteiger partial charge on any atom is 0.277 e. The molecule has 0 atom stereocenters. The van der Waals surface area contributed by atoms with Crippen LogP contribution in [0.1, 0.15) is 11.1 Å². The summed E-state index contributed by atoms with van der Waals surface area (Å²) in [6, 6.07) is 10.9. The highest BCUT2D eigenvalue weighted by atomic mass is 35.5. The quantitative estimate of drug-likeness (QED) is 0.574. The monoisotopic (exact) mass is 407 g/mol. The third-order valence-electron chi connectivity index (χ3n) is 3.41. The topological polar surface area (TPSA) is 68.0 Å². The van der Waals surface area contributed by atoms with Gasteiger partial charge < -0.3 is 9.73 Å². The Balaban J connectivity index is 1.60. The SMILES string of the molecule is Cc1cc(C)cc(-c2nnc(SCC(=O)Nc3ccc(Cl)c(Cl)c3)o2)c1. The second kappa shape index (κ2) is 8.12. The van der Waals surface area contributed by atoms with Crippen LogP contribution in [0.15, 0.2) is 46.0 Å². The Morgan fingerprint density at radius 3 is 2.50 bits per heavy atom. The van der Waals surface area contributed by atoms with Crippen LogP contribution in [0, 0.1) is 13.8 Å². The van der Waals surface area contributed by atoms with Gasteiger partial charge in [0.25, 0.3) is 5.22 Å². The largest absolute Gasteiger partial charge is 0.411 e. The van der Waals surface area contributed by atoms with Crippen LogP contribution in [-0.4, -0.2) is 21.9 Å². The van der Waals surface area contributed by atoms with Crippen LogP contribution in [0.4, 0.5) is 5.69 Å². The fourth-order valence-electron chi connectivity index (χ4n) is 2.38. The van der Waals surface area contributed by atoms with Gasteiger partial charge in [0.1, 0.15) is 0 Å². The van der Waals surface area contributed by atoms with Gasteiger partial charge in [0.15, 0.2) is 0 Å². The molecule has 0 fully saturated rings. The Labute approximate surface area is 165 Å². The number of halogens is 2. The number of nitrogens with zero attached hydrogens (tertiary/aromatic N) is 2. The number of hydrogen-bond donors (Lipinski definition) is 1. The molecule has 0 unspecified atom stereocenters. The zero-order valence-electron chi connectivity index (χ0n) is 14.0. The first-order valence-corrected chi connectivity index (χ1v) is 9.45. The molecule has 1 amide bonds. The van der Waals surface area contributed by atoms with Crippen molar-refractivity contribution in [3.8, 4) is 11.5 Å². The first kappa shape index (κ1) is 18.8. The molecule has 134 valence electrons. The fraction of sp³-hybridized carbons (Fsp3) is 0.167. The Morgan fingerprint density at radius 1 is 1.08 bits per heavy atom. The van der Waals surface area contributed by atoms with E-state index >= 15 is 0 Å². The highest BCUT2D eigenvalue weighted by Crippen LogP contribution is 2.26. The second-order valence-electron chi connectivity index (χ2n) is 5.72. The Hall–Kier alpha value is -2.02. The van der Waals surface area contributed by atoms with Crippen LogP contribution in [0.3, 0.4) is 0 Å². The number of anilines is 1. The van der Waals surface area contributed by atoms with Crippen molar-refractivity contribution in [2.45, 2.75) is 19.1 Å². The minimum absolute atomic E-state index is 0.134. The molecule has 0 aliphatic heterocycles. The molecule has 8 heteroatoms. The molecule has 0 saturated heterocycles. The summed E-state index contributed by atoms with van der Waals surface area (Å²) in [6.45, 7) is 4.02. The molecule has 1 heterocycles. The third kappa shape index (κ3) is 4.78. The summed E-state index contributed by atoms with van der Waals surface area (Å²) in [5.41, 5.74) is 3.68. The lowest BCUT2D eigenvalue weighted by atomic mass is 10.1. The predicted octanol–water partition coefficient (Wildman–Crippen LogP) is 5.39. The Morgan fingerprint density at radius 2 is 1.81 bits per heavy atom. The van der Waals surface area contributed by atoms with E-state index in [-0.39, 0.29) is 11.7 Å². The van der Waals surface area contributed by atoms with E-state index in [1.807, 2.05) is 26.0 Å². The number of hydrogen-bond acceptors (Lipinski definition) is 5. The van der Waals surface area contributed by atoms with Crippen molar-refractivity contribution in [2.75, 3.05) is 11.1 Å². The predicted molar refractivity (Wildman–Crippen MR) is 105 cm³/mol. The summed E-state index contributed by atoms with van der Waals surface area (Å²) in [6.07, 6.45) is 0. The maximum absolute atomic E-state index is 12.1. The average molecular weight is 408 g/mol. The highest BCUT2D eigenvalue weighted by Gasteiger charge is 2.12. The molecule has 0 aliphatic carbocycles. The van der Waals surface area contributed by atoms with Crippen molar-refractivity contribution in [2.24, 2.45) is 0 Å². The molecule has 1 aromatic heterocycles. The van der Waals surface area contributed by atoms with Gasteiger partial charge in [-0.2, -0.15) is 0 Å². The van der Waals surface area contributed by atoms with Crippen molar-refractivity contribution in [1.82, 2.24) is 10.2 Å². The molecule has 26 heavy (non-hydrogen) atoms. The van der Waals surface area contributed by atoms with Gasteiger partial charge in [0, 0.05) is 11.3 Å². The normalized spacial score (nSPS) is 10.8. The van der Waals surface area contributed by atoms with Crippen LogP contribution >= 0.6 is 35.0 Å². The lowest BCUT2D eigenvalue weighted by Gasteiger charge is -2.05. The van der Waals surface area contributed by atoms with Crippen molar-refractivity contribution in [3.63, 3.8) is 0 Å². The summed E-state index contributed by atoms with van der Waals surface area (Å²) in [5.74, 6) is 0.359. The molecular formula is C18H15Cl2N3O2S. The van der Waals surface area contributed by atoms with Crippen LogP contribution in [0.25, 0.3) is 11.5 Å². The number of benzene rings is 2. The van der Waals surface area contributed by atoms with Gasteiger partial charge in [-0.1, -0.05) is 52.2 Å². The van der Waals surface area contributed by atoms with E-state index in [1.165, 1.54) is 11.8 Å². The molecule has 0 bridgehead atoms. The smallest absolute Gasteiger partial charge is 0.277 e. The summed E-state index contributed by atoms with van der Waals surface area (Å²) in [5, 5.41) is 11.9. The van der Waals surface area contributed by atoms with Crippen LogP contribution in [-0.2, 0) is 4.79 Å². The lowest BCUT2D eigenvalue weighted by Crippen LogP contribution is -2.13. The molecule has 0 radical (unpaired) electrons. The average Bonchev–Trinajstić information content (AvgIpc) is 3.05. The van der Waals surface area contributed by atoms with Crippen molar-refractivity contribution < 1.29 is 9.21 Å². The molecule has 0 aliphatic rings. The van der Waals surface area contributed by atoms with Crippen molar-refractivity contribution in [1.29, 1.82) is 0 Å². The van der Waals surface area contributed by atoms with Crippen LogP contribution in [0.2, 0.25) is 10.0 Å². The van der Waals surface area contributed by atoms with E-state index in [0.717, 1.165) is 16.7 Å². The van der Waals surface area contributed by atoms with Crippen molar-refractivity contribution >= 4 is 46.6 Å². The number of rotatable bonds is 5. The fourth-order valence-corrected chi connectivity index (χ4v) is 3.24. The molecule has 0 spiro atoms. The number of thioether (sulfide) groups is 1. The zero-order chi connectivity index (χ0) is 18.7. The number of nitrogens with one attached hydrogen (secondary N) is 1. The summed E-state index contributed by atoms with van der Waals surface area (Å²) >= 11 is 13.0. The Bertz CT molecular complexity index is 939.